The zero-order valence-electron chi connectivity index (χ0n) is 11.1. The summed E-state index contributed by atoms with van der Waals surface area (Å²) in [6, 6.07) is 1.99. The van der Waals surface area contributed by atoms with Gasteiger partial charge < -0.3 is 15.1 Å². The van der Waals surface area contributed by atoms with E-state index in [0.717, 1.165) is 42.9 Å². The summed E-state index contributed by atoms with van der Waals surface area (Å²) in [5.41, 5.74) is 1.96. The van der Waals surface area contributed by atoms with E-state index in [9.17, 15) is 5.11 Å². The number of aryl methyl sites for hydroxylation is 1. The summed E-state index contributed by atoms with van der Waals surface area (Å²) >= 11 is 0. The third-order valence-corrected chi connectivity index (χ3v) is 3.81. The van der Waals surface area contributed by atoms with Gasteiger partial charge in [-0.05, 0) is 49.8 Å². The van der Waals surface area contributed by atoms with Crippen LogP contribution in [0.1, 0.15) is 30.9 Å². The van der Waals surface area contributed by atoms with Gasteiger partial charge >= 0.3 is 0 Å². The molecule has 18 heavy (non-hydrogen) atoms. The van der Waals surface area contributed by atoms with Crippen LogP contribution in [0.15, 0.2) is 12.3 Å². The van der Waals surface area contributed by atoms with E-state index < -0.39 is 0 Å². The Labute approximate surface area is 108 Å². The maximum atomic E-state index is 9.59. The van der Waals surface area contributed by atoms with Gasteiger partial charge in [-0.1, -0.05) is 0 Å². The molecule has 4 nitrogen and oxygen atoms in total. The number of hydrogen-bond acceptors (Lipinski definition) is 4. The minimum Gasteiger partial charge on any atom is -0.393 e. The van der Waals surface area contributed by atoms with E-state index in [1.807, 2.05) is 19.9 Å². The molecule has 2 rings (SSSR count). The summed E-state index contributed by atoms with van der Waals surface area (Å²) < 4.78 is 0. The van der Waals surface area contributed by atoms with E-state index in [0.29, 0.717) is 5.92 Å². The molecule has 0 aromatic carbocycles. The van der Waals surface area contributed by atoms with Gasteiger partial charge in [0.1, 0.15) is 5.82 Å². The molecule has 1 aliphatic rings. The van der Waals surface area contributed by atoms with Crippen molar-refractivity contribution in [3.05, 3.63) is 23.4 Å². The van der Waals surface area contributed by atoms with Gasteiger partial charge in [0.05, 0.1) is 12.7 Å². The predicted octanol–water partition coefficient (Wildman–Crippen LogP) is 1.48. The van der Waals surface area contributed by atoms with E-state index in [4.69, 9.17) is 5.11 Å². The van der Waals surface area contributed by atoms with E-state index >= 15 is 0 Å². The van der Waals surface area contributed by atoms with Crippen molar-refractivity contribution in [1.82, 2.24) is 4.98 Å². The van der Waals surface area contributed by atoms with Gasteiger partial charge in [0.25, 0.3) is 0 Å². The van der Waals surface area contributed by atoms with Gasteiger partial charge in [0.2, 0.25) is 0 Å². The predicted molar refractivity (Wildman–Crippen MR) is 71.5 cm³/mol. The van der Waals surface area contributed by atoms with Gasteiger partial charge in [-0.25, -0.2) is 4.98 Å². The Kier molecular flexibility index (Phi) is 4.19. The van der Waals surface area contributed by atoms with Crippen LogP contribution in [0.4, 0.5) is 5.82 Å². The Hall–Kier alpha value is -1.13. The van der Waals surface area contributed by atoms with Crippen LogP contribution in [0, 0.1) is 12.8 Å². The smallest absolute Gasteiger partial charge is 0.131 e. The Morgan fingerprint density at radius 3 is 2.61 bits per heavy atom. The lowest BCUT2D eigenvalue weighted by Crippen LogP contribution is -2.37. The van der Waals surface area contributed by atoms with E-state index in [1.165, 1.54) is 0 Å². The number of piperidine rings is 1. The molecule has 0 amide bonds. The van der Waals surface area contributed by atoms with Crippen LogP contribution in [-0.4, -0.2) is 34.4 Å². The molecule has 1 unspecified atom stereocenters. The third-order valence-electron chi connectivity index (χ3n) is 3.81. The van der Waals surface area contributed by atoms with Crippen molar-refractivity contribution in [2.75, 3.05) is 18.0 Å². The van der Waals surface area contributed by atoms with Crippen molar-refractivity contribution >= 4 is 5.82 Å². The number of aromatic nitrogens is 1. The third kappa shape index (κ3) is 2.82. The first-order valence-corrected chi connectivity index (χ1v) is 6.61. The average molecular weight is 250 g/mol. The molecule has 0 spiro atoms. The van der Waals surface area contributed by atoms with Crippen molar-refractivity contribution in [3.63, 3.8) is 0 Å². The molecule has 0 saturated carbocycles. The minimum absolute atomic E-state index is 0.0399. The zero-order chi connectivity index (χ0) is 13.1. The van der Waals surface area contributed by atoms with Gasteiger partial charge in [0, 0.05) is 19.3 Å². The molecule has 2 N–H and O–H groups in total. The number of aliphatic hydroxyl groups is 2. The number of hydrogen-bond donors (Lipinski definition) is 2. The Morgan fingerprint density at radius 2 is 2.11 bits per heavy atom. The lowest BCUT2D eigenvalue weighted by molar-refractivity contribution is 0.109. The van der Waals surface area contributed by atoms with Gasteiger partial charge in [-0.2, -0.15) is 0 Å². The second-order valence-electron chi connectivity index (χ2n) is 5.21. The zero-order valence-corrected chi connectivity index (χ0v) is 11.1. The van der Waals surface area contributed by atoms with Crippen LogP contribution >= 0.6 is 0 Å². The SMILES string of the molecule is Cc1cc(CO)cnc1N1CCC(C(C)O)CC1. The lowest BCUT2D eigenvalue weighted by Gasteiger charge is -2.34. The summed E-state index contributed by atoms with van der Waals surface area (Å²) in [7, 11) is 0. The fourth-order valence-corrected chi connectivity index (χ4v) is 2.64. The lowest BCUT2D eigenvalue weighted by atomic mass is 9.92. The Morgan fingerprint density at radius 1 is 1.44 bits per heavy atom. The quantitative estimate of drug-likeness (QED) is 0.853. The minimum atomic E-state index is -0.210. The number of aliphatic hydroxyl groups excluding tert-OH is 2. The first-order valence-electron chi connectivity index (χ1n) is 6.61. The first kappa shape index (κ1) is 13.3. The number of anilines is 1. The molecule has 1 saturated heterocycles. The molecule has 1 aromatic heterocycles. The van der Waals surface area contributed by atoms with Gasteiger partial charge in [-0.15, -0.1) is 0 Å². The molecule has 100 valence electrons. The van der Waals surface area contributed by atoms with Crippen LogP contribution in [0.3, 0.4) is 0 Å². The van der Waals surface area contributed by atoms with Gasteiger partial charge in [-0.3, -0.25) is 0 Å². The van der Waals surface area contributed by atoms with E-state index in [1.54, 1.807) is 6.20 Å². The van der Waals surface area contributed by atoms with Crippen LogP contribution in [-0.2, 0) is 6.61 Å². The highest BCUT2D eigenvalue weighted by Gasteiger charge is 2.24. The molecule has 1 aromatic rings. The van der Waals surface area contributed by atoms with Crippen LogP contribution in [0.2, 0.25) is 0 Å². The number of rotatable bonds is 3. The molecule has 0 aliphatic carbocycles. The Balaban J connectivity index is 2.05. The largest absolute Gasteiger partial charge is 0.393 e. The highest BCUT2D eigenvalue weighted by atomic mass is 16.3. The summed E-state index contributed by atoms with van der Waals surface area (Å²) in [6.45, 7) is 5.84. The molecule has 1 atom stereocenters. The molecule has 2 heterocycles. The molecule has 0 bridgehead atoms. The second kappa shape index (κ2) is 5.67. The van der Waals surface area contributed by atoms with E-state index in [2.05, 4.69) is 9.88 Å². The summed E-state index contributed by atoms with van der Waals surface area (Å²) in [5, 5.41) is 18.7. The number of nitrogens with zero attached hydrogens (tertiary/aromatic N) is 2. The second-order valence-corrected chi connectivity index (χ2v) is 5.21. The number of pyridine rings is 1. The van der Waals surface area contributed by atoms with Crippen LogP contribution in [0.25, 0.3) is 0 Å². The highest BCUT2D eigenvalue weighted by Crippen LogP contribution is 2.26. The van der Waals surface area contributed by atoms with Crippen LogP contribution < -0.4 is 4.90 Å². The highest BCUT2D eigenvalue weighted by molar-refractivity contribution is 5.47. The molecule has 4 heteroatoms. The standard InChI is InChI=1S/C14H22N2O2/c1-10-7-12(9-17)8-15-14(10)16-5-3-13(4-6-16)11(2)18/h7-8,11,13,17-18H,3-6,9H2,1-2H3. The normalized spacial score (nSPS) is 19.0. The van der Waals surface area contributed by atoms with Crippen molar-refractivity contribution in [2.24, 2.45) is 5.92 Å². The maximum Gasteiger partial charge on any atom is 0.131 e. The van der Waals surface area contributed by atoms with Crippen molar-refractivity contribution in [2.45, 2.75) is 39.4 Å². The fraction of sp³-hybridized carbons (Fsp3) is 0.643. The van der Waals surface area contributed by atoms with Gasteiger partial charge in [0.15, 0.2) is 0 Å². The van der Waals surface area contributed by atoms with E-state index in [-0.39, 0.29) is 12.7 Å². The first-order chi connectivity index (χ1) is 8.61. The topological polar surface area (TPSA) is 56.6 Å². The van der Waals surface area contributed by atoms with Crippen molar-refractivity contribution in [3.8, 4) is 0 Å². The summed E-state index contributed by atoms with van der Waals surface area (Å²) in [4.78, 5) is 6.72. The fourth-order valence-electron chi connectivity index (χ4n) is 2.64. The molecule has 0 radical (unpaired) electrons. The molecule has 1 fully saturated rings. The van der Waals surface area contributed by atoms with Crippen LogP contribution in [0.5, 0.6) is 0 Å². The summed E-state index contributed by atoms with van der Waals surface area (Å²) in [5.74, 6) is 1.43. The molecular formula is C14H22N2O2. The molecular weight excluding hydrogens is 228 g/mol. The van der Waals surface area contributed by atoms with Crippen molar-refractivity contribution in [1.29, 1.82) is 0 Å². The maximum absolute atomic E-state index is 9.59. The monoisotopic (exact) mass is 250 g/mol. The molecule has 1 aliphatic heterocycles. The van der Waals surface area contributed by atoms with Crippen molar-refractivity contribution < 1.29 is 10.2 Å². The average Bonchev–Trinajstić information content (AvgIpc) is 2.38. The summed E-state index contributed by atoms with van der Waals surface area (Å²) in [6.07, 6.45) is 3.56. The Bertz CT molecular complexity index is 399.